The zero-order valence-corrected chi connectivity index (χ0v) is 12.0. The predicted molar refractivity (Wildman–Crippen MR) is 76.6 cm³/mol. The molecule has 0 aliphatic carbocycles. The van der Waals surface area contributed by atoms with Crippen LogP contribution in [-0.2, 0) is 6.54 Å². The summed E-state index contributed by atoms with van der Waals surface area (Å²) in [5.74, 6) is 1.13. The van der Waals surface area contributed by atoms with E-state index in [1.807, 2.05) is 12.1 Å². The molecule has 0 bridgehead atoms. The van der Waals surface area contributed by atoms with Gasteiger partial charge in [0.1, 0.15) is 0 Å². The summed E-state index contributed by atoms with van der Waals surface area (Å²) in [6.07, 6.45) is 2.87. The lowest BCUT2D eigenvalue weighted by atomic mass is 9.85. The molecule has 1 unspecified atom stereocenters. The molecular weight excluding hydrogens is 244 g/mol. The number of aromatic nitrogens is 2. The van der Waals surface area contributed by atoms with Crippen LogP contribution in [0.1, 0.15) is 32.9 Å². The second-order valence-corrected chi connectivity index (χ2v) is 6.62. The molecular formula is C13H20N4S. The molecule has 1 aromatic rings. The fourth-order valence-electron chi connectivity index (χ4n) is 1.85. The molecule has 0 amide bonds. The van der Waals surface area contributed by atoms with Crippen LogP contribution >= 0.6 is 11.8 Å². The Bertz CT molecular complexity index is 411. The third-order valence-electron chi connectivity index (χ3n) is 3.00. The Balaban J connectivity index is 1.97. The van der Waals surface area contributed by atoms with Crippen molar-refractivity contribution in [2.75, 3.05) is 5.75 Å². The number of rotatable bonds is 2. The first-order chi connectivity index (χ1) is 8.55. The number of aliphatic imine (C=N–C) groups is 1. The normalized spacial score (nSPS) is 22.8. The van der Waals surface area contributed by atoms with E-state index in [-0.39, 0.29) is 5.41 Å². The van der Waals surface area contributed by atoms with Crippen molar-refractivity contribution < 1.29 is 0 Å². The highest BCUT2D eigenvalue weighted by atomic mass is 32.2. The quantitative estimate of drug-likeness (QED) is 0.891. The molecule has 0 radical (unpaired) electrons. The van der Waals surface area contributed by atoms with Gasteiger partial charge in [0.15, 0.2) is 5.17 Å². The van der Waals surface area contributed by atoms with E-state index >= 15 is 0 Å². The van der Waals surface area contributed by atoms with E-state index in [0.717, 1.165) is 16.6 Å². The van der Waals surface area contributed by atoms with Gasteiger partial charge in [-0.1, -0.05) is 32.5 Å². The lowest BCUT2D eigenvalue weighted by molar-refractivity contribution is 0.290. The molecule has 2 heterocycles. The maximum Gasteiger partial charge on any atom is 0.157 e. The summed E-state index contributed by atoms with van der Waals surface area (Å²) in [5.41, 5.74) is 1.18. The van der Waals surface area contributed by atoms with E-state index in [0.29, 0.717) is 12.6 Å². The molecule has 4 nitrogen and oxygen atoms in total. The summed E-state index contributed by atoms with van der Waals surface area (Å²) in [6.45, 7) is 7.39. The summed E-state index contributed by atoms with van der Waals surface area (Å²) < 4.78 is 0. The van der Waals surface area contributed by atoms with Crippen molar-refractivity contribution in [3.63, 3.8) is 0 Å². The zero-order valence-electron chi connectivity index (χ0n) is 11.2. The first-order valence-corrected chi connectivity index (χ1v) is 7.24. The molecule has 1 aromatic heterocycles. The van der Waals surface area contributed by atoms with E-state index in [9.17, 15) is 0 Å². The number of nitrogens with zero attached hydrogens (tertiary/aromatic N) is 3. The minimum absolute atomic E-state index is 0.272. The topological polar surface area (TPSA) is 50.2 Å². The maximum atomic E-state index is 4.58. The smallest absolute Gasteiger partial charge is 0.157 e. The van der Waals surface area contributed by atoms with E-state index in [4.69, 9.17) is 0 Å². The summed E-state index contributed by atoms with van der Waals surface area (Å²) in [6, 6.07) is 4.34. The fourth-order valence-corrected chi connectivity index (χ4v) is 2.78. The Labute approximate surface area is 113 Å². The van der Waals surface area contributed by atoms with Gasteiger partial charge >= 0.3 is 0 Å². The Hall–Kier alpha value is -1.10. The Morgan fingerprint density at radius 2 is 2.33 bits per heavy atom. The standard InChI is InChI=1S/C13H20N4S/c1-13(2,3)11-6-8-18-12(16-11)14-9-10-5-4-7-15-17-10/h4-5,7,11H,6,8-9H2,1-3H3,(H,14,16). The van der Waals surface area contributed by atoms with Gasteiger partial charge < -0.3 is 5.32 Å². The second kappa shape index (κ2) is 5.69. The van der Waals surface area contributed by atoms with Crippen molar-refractivity contribution in [2.45, 2.75) is 39.8 Å². The molecule has 1 N–H and O–H groups in total. The van der Waals surface area contributed by atoms with Gasteiger partial charge in [0.2, 0.25) is 0 Å². The fraction of sp³-hybridized carbons (Fsp3) is 0.615. The van der Waals surface area contributed by atoms with Gasteiger partial charge in [0.25, 0.3) is 0 Å². The molecule has 0 saturated carbocycles. The van der Waals surface area contributed by atoms with Crippen molar-refractivity contribution in [2.24, 2.45) is 10.4 Å². The average Bonchev–Trinajstić information content (AvgIpc) is 2.37. The van der Waals surface area contributed by atoms with Gasteiger partial charge in [-0.3, -0.25) is 4.99 Å². The van der Waals surface area contributed by atoms with E-state index < -0.39 is 0 Å². The van der Waals surface area contributed by atoms with E-state index in [2.05, 4.69) is 41.3 Å². The Morgan fingerprint density at radius 1 is 1.50 bits per heavy atom. The van der Waals surface area contributed by atoms with Gasteiger partial charge in [-0.15, -0.1) is 0 Å². The molecule has 1 fully saturated rings. The third kappa shape index (κ3) is 3.70. The van der Waals surface area contributed by atoms with Gasteiger partial charge in [0.05, 0.1) is 12.2 Å². The van der Waals surface area contributed by atoms with Crippen LogP contribution in [0.4, 0.5) is 0 Å². The molecule has 5 heteroatoms. The van der Waals surface area contributed by atoms with Crippen molar-refractivity contribution in [1.82, 2.24) is 15.5 Å². The third-order valence-corrected chi connectivity index (χ3v) is 3.96. The van der Waals surface area contributed by atoms with Crippen molar-refractivity contribution in [3.8, 4) is 0 Å². The highest BCUT2D eigenvalue weighted by Gasteiger charge is 2.28. The van der Waals surface area contributed by atoms with Crippen LogP contribution in [0, 0.1) is 5.41 Å². The largest absolute Gasteiger partial charge is 0.362 e. The van der Waals surface area contributed by atoms with Crippen LogP contribution in [0.2, 0.25) is 0 Å². The Kier molecular flexibility index (Phi) is 4.22. The van der Waals surface area contributed by atoms with Crippen LogP contribution in [0.5, 0.6) is 0 Å². The van der Waals surface area contributed by atoms with Gasteiger partial charge in [-0.25, -0.2) is 0 Å². The highest BCUT2D eigenvalue weighted by molar-refractivity contribution is 8.13. The molecule has 98 valence electrons. The van der Waals surface area contributed by atoms with Crippen molar-refractivity contribution >= 4 is 16.9 Å². The highest BCUT2D eigenvalue weighted by Crippen LogP contribution is 2.27. The number of nitrogens with one attached hydrogen (secondary N) is 1. The van der Waals surface area contributed by atoms with Crippen LogP contribution in [0.25, 0.3) is 0 Å². The molecule has 1 saturated heterocycles. The summed E-state index contributed by atoms with van der Waals surface area (Å²) in [5, 5.41) is 12.5. The number of hydrogen-bond acceptors (Lipinski definition) is 4. The minimum atomic E-state index is 0.272. The van der Waals surface area contributed by atoms with Crippen LogP contribution < -0.4 is 5.32 Å². The van der Waals surface area contributed by atoms with Crippen molar-refractivity contribution in [3.05, 3.63) is 24.0 Å². The lowest BCUT2D eigenvalue weighted by Crippen LogP contribution is -2.46. The van der Waals surface area contributed by atoms with Gasteiger partial charge in [-0.05, 0) is 24.0 Å². The van der Waals surface area contributed by atoms with Crippen molar-refractivity contribution in [1.29, 1.82) is 0 Å². The second-order valence-electron chi connectivity index (χ2n) is 5.54. The number of thioether (sulfide) groups is 1. The number of amidine groups is 1. The summed E-state index contributed by atoms with van der Waals surface area (Å²) in [7, 11) is 0. The summed E-state index contributed by atoms with van der Waals surface area (Å²) >= 11 is 1.79. The molecule has 2 rings (SSSR count). The monoisotopic (exact) mass is 264 g/mol. The first-order valence-electron chi connectivity index (χ1n) is 6.26. The maximum absolute atomic E-state index is 4.58. The number of hydrogen-bond donors (Lipinski definition) is 1. The summed E-state index contributed by atoms with van der Waals surface area (Å²) in [4.78, 5) is 4.58. The molecule has 0 aromatic carbocycles. The Morgan fingerprint density at radius 3 is 3.00 bits per heavy atom. The molecule has 1 aliphatic heterocycles. The average molecular weight is 264 g/mol. The van der Waals surface area contributed by atoms with Gasteiger partial charge in [-0.2, -0.15) is 10.2 Å². The molecule has 1 atom stereocenters. The minimum Gasteiger partial charge on any atom is -0.362 e. The van der Waals surface area contributed by atoms with Crippen LogP contribution in [-0.4, -0.2) is 27.2 Å². The van der Waals surface area contributed by atoms with E-state index in [1.165, 1.54) is 6.42 Å². The van der Waals surface area contributed by atoms with Gasteiger partial charge in [0, 0.05) is 18.0 Å². The molecule has 0 spiro atoms. The van der Waals surface area contributed by atoms with Crippen LogP contribution in [0.3, 0.4) is 0 Å². The molecule has 18 heavy (non-hydrogen) atoms. The lowest BCUT2D eigenvalue weighted by Gasteiger charge is -2.35. The first kappa shape index (κ1) is 13.3. The predicted octanol–water partition coefficient (Wildman–Crippen LogP) is 2.47. The van der Waals surface area contributed by atoms with Crippen LogP contribution in [0.15, 0.2) is 23.3 Å². The van der Waals surface area contributed by atoms with E-state index in [1.54, 1.807) is 18.0 Å². The molecule has 1 aliphatic rings. The SMILES string of the molecule is CC(C)(C)C1CCSC(=NCc2cccnn2)N1. The zero-order chi connectivity index (χ0) is 13.0.